The fraction of sp³-hybridized carbons (Fsp3) is 0.222. The number of amides is 1. The molecule has 24 heavy (non-hydrogen) atoms. The Balaban J connectivity index is 2.21. The van der Waals surface area contributed by atoms with Crippen LogP contribution in [0.3, 0.4) is 0 Å². The molecule has 5 nitrogen and oxygen atoms in total. The smallest absolute Gasteiger partial charge is 0.307 e. The van der Waals surface area contributed by atoms with Gasteiger partial charge in [-0.05, 0) is 28.8 Å². The number of nitrogens with two attached hydrogens (primary N) is 1. The Hall–Kier alpha value is -2.73. The Kier molecular flexibility index (Phi) is 6.03. The van der Waals surface area contributed by atoms with Crippen LogP contribution in [0.2, 0.25) is 0 Å². The van der Waals surface area contributed by atoms with Gasteiger partial charge in [-0.3, -0.25) is 9.59 Å². The zero-order valence-electron chi connectivity index (χ0n) is 13.3. The molecule has 6 heteroatoms. The first-order valence-electron chi connectivity index (χ1n) is 7.45. The van der Waals surface area contributed by atoms with Crippen LogP contribution in [0.1, 0.15) is 18.0 Å². The third kappa shape index (κ3) is 4.63. The van der Waals surface area contributed by atoms with E-state index in [1.165, 1.54) is 19.2 Å². The fourth-order valence-corrected chi connectivity index (χ4v) is 2.31. The largest absolute Gasteiger partial charge is 0.469 e. The Labute approximate surface area is 139 Å². The number of benzene rings is 2. The molecule has 0 aliphatic heterocycles. The molecule has 0 heterocycles. The number of esters is 1. The predicted octanol–water partition coefficient (Wildman–Crippen LogP) is 2.17. The van der Waals surface area contributed by atoms with Crippen LogP contribution in [0.4, 0.5) is 4.39 Å². The lowest BCUT2D eigenvalue weighted by Crippen LogP contribution is -2.35. The van der Waals surface area contributed by atoms with Crippen molar-refractivity contribution >= 4 is 11.9 Å². The third-order valence-corrected chi connectivity index (χ3v) is 3.61. The van der Waals surface area contributed by atoms with Gasteiger partial charge in [-0.15, -0.1) is 0 Å². The number of carbonyl (C=O) groups excluding carboxylic acids is 2. The molecule has 0 saturated carbocycles. The summed E-state index contributed by atoms with van der Waals surface area (Å²) >= 11 is 0. The second-order valence-corrected chi connectivity index (χ2v) is 5.23. The normalized spacial score (nSPS) is 11.6. The summed E-state index contributed by atoms with van der Waals surface area (Å²) in [6.07, 6.45) is 0.0120. The van der Waals surface area contributed by atoms with Gasteiger partial charge in [0.05, 0.1) is 26.1 Å². The molecule has 0 spiro atoms. The van der Waals surface area contributed by atoms with Crippen LogP contribution < -0.4 is 11.1 Å². The van der Waals surface area contributed by atoms with Gasteiger partial charge >= 0.3 is 5.97 Å². The monoisotopic (exact) mass is 330 g/mol. The highest BCUT2D eigenvalue weighted by Gasteiger charge is 2.18. The van der Waals surface area contributed by atoms with Gasteiger partial charge in [-0.1, -0.05) is 36.4 Å². The molecule has 0 fully saturated rings. The maximum Gasteiger partial charge on any atom is 0.307 e. The minimum atomic E-state index is -0.518. The van der Waals surface area contributed by atoms with Crippen LogP contribution in [0.5, 0.6) is 0 Å². The van der Waals surface area contributed by atoms with Crippen molar-refractivity contribution in [2.24, 2.45) is 5.73 Å². The number of hydrogen-bond acceptors (Lipinski definition) is 4. The van der Waals surface area contributed by atoms with Gasteiger partial charge < -0.3 is 15.8 Å². The zero-order chi connectivity index (χ0) is 17.5. The third-order valence-electron chi connectivity index (χ3n) is 3.61. The molecule has 2 aromatic rings. The summed E-state index contributed by atoms with van der Waals surface area (Å²) in [5.74, 6) is -1.08. The Bertz CT molecular complexity index is 681. The van der Waals surface area contributed by atoms with Crippen LogP contribution in [-0.2, 0) is 14.3 Å². The highest BCUT2D eigenvalue weighted by atomic mass is 19.1. The van der Waals surface area contributed by atoms with E-state index in [2.05, 4.69) is 10.1 Å². The van der Waals surface area contributed by atoms with Gasteiger partial charge in [0.15, 0.2) is 0 Å². The quantitative estimate of drug-likeness (QED) is 0.796. The summed E-state index contributed by atoms with van der Waals surface area (Å²) in [4.78, 5) is 23.1. The van der Waals surface area contributed by atoms with E-state index in [1.807, 2.05) is 24.3 Å². The molecule has 2 aromatic carbocycles. The topological polar surface area (TPSA) is 81.4 Å². The maximum atomic E-state index is 13.0. The first-order chi connectivity index (χ1) is 11.5. The molecule has 126 valence electrons. The molecule has 0 saturated heterocycles. The standard InChI is InChI=1S/C18H19FN2O3/c1-24-18(23)10-16(21-17(22)11-20)14-4-2-12(3-5-14)13-6-8-15(19)9-7-13/h2-9,16H,10-11,20H2,1H3,(H,21,22). The Morgan fingerprint density at radius 2 is 1.62 bits per heavy atom. The van der Waals surface area contributed by atoms with E-state index in [9.17, 15) is 14.0 Å². The first kappa shape index (κ1) is 17.6. The lowest BCUT2D eigenvalue weighted by atomic mass is 9.99. The molecule has 0 bridgehead atoms. The van der Waals surface area contributed by atoms with Gasteiger partial charge in [-0.25, -0.2) is 4.39 Å². The van der Waals surface area contributed by atoms with Crippen molar-refractivity contribution in [1.82, 2.24) is 5.32 Å². The van der Waals surface area contributed by atoms with E-state index in [0.717, 1.165) is 16.7 Å². The molecular formula is C18H19FN2O3. The molecule has 0 aliphatic rings. The maximum absolute atomic E-state index is 13.0. The van der Waals surface area contributed by atoms with E-state index in [0.29, 0.717) is 0 Å². The van der Waals surface area contributed by atoms with Crippen molar-refractivity contribution in [2.75, 3.05) is 13.7 Å². The number of nitrogens with one attached hydrogen (secondary N) is 1. The van der Waals surface area contributed by atoms with Crippen LogP contribution in [0.25, 0.3) is 11.1 Å². The average molecular weight is 330 g/mol. The minimum absolute atomic E-state index is 0.0120. The van der Waals surface area contributed by atoms with E-state index in [1.54, 1.807) is 12.1 Å². The minimum Gasteiger partial charge on any atom is -0.469 e. The number of hydrogen-bond donors (Lipinski definition) is 2. The SMILES string of the molecule is COC(=O)CC(NC(=O)CN)c1ccc(-c2ccc(F)cc2)cc1. The van der Waals surface area contributed by atoms with Crippen molar-refractivity contribution < 1.29 is 18.7 Å². The first-order valence-corrected chi connectivity index (χ1v) is 7.45. The summed E-state index contributed by atoms with van der Waals surface area (Å²) in [7, 11) is 1.29. The molecule has 0 aromatic heterocycles. The van der Waals surface area contributed by atoms with E-state index in [4.69, 9.17) is 5.73 Å². The van der Waals surface area contributed by atoms with Gasteiger partial charge in [0.25, 0.3) is 0 Å². The number of rotatable bonds is 6. The molecule has 1 atom stereocenters. The molecule has 0 radical (unpaired) electrons. The van der Waals surface area contributed by atoms with Gasteiger partial charge in [0, 0.05) is 0 Å². The summed E-state index contributed by atoms with van der Waals surface area (Å²) in [6, 6.07) is 13.0. The number of carbonyl (C=O) groups is 2. The summed E-state index contributed by atoms with van der Waals surface area (Å²) < 4.78 is 17.7. The lowest BCUT2D eigenvalue weighted by molar-refractivity contribution is -0.141. The highest BCUT2D eigenvalue weighted by molar-refractivity contribution is 5.79. The predicted molar refractivity (Wildman–Crippen MR) is 88.4 cm³/mol. The van der Waals surface area contributed by atoms with Gasteiger partial charge in [0.1, 0.15) is 5.82 Å². The molecule has 1 amide bonds. The summed E-state index contributed by atoms with van der Waals surface area (Å²) in [5, 5.41) is 2.70. The highest BCUT2D eigenvalue weighted by Crippen LogP contribution is 2.24. The van der Waals surface area contributed by atoms with Crippen LogP contribution in [-0.4, -0.2) is 25.5 Å². The van der Waals surface area contributed by atoms with Crippen molar-refractivity contribution in [2.45, 2.75) is 12.5 Å². The van der Waals surface area contributed by atoms with Crippen molar-refractivity contribution in [1.29, 1.82) is 0 Å². The van der Waals surface area contributed by atoms with E-state index >= 15 is 0 Å². The van der Waals surface area contributed by atoms with Crippen molar-refractivity contribution in [3.8, 4) is 11.1 Å². The molecule has 3 N–H and O–H groups in total. The molecule has 2 rings (SSSR count). The van der Waals surface area contributed by atoms with Crippen molar-refractivity contribution in [3.63, 3.8) is 0 Å². The fourth-order valence-electron chi connectivity index (χ4n) is 2.31. The van der Waals surface area contributed by atoms with Gasteiger partial charge in [0.2, 0.25) is 5.91 Å². The molecule has 0 aliphatic carbocycles. The summed E-state index contributed by atoms with van der Waals surface area (Å²) in [5.41, 5.74) is 7.85. The second kappa shape index (κ2) is 8.21. The second-order valence-electron chi connectivity index (χ2n) is 5.23. The zero-order valence-corrected chi connectivity index (χ0v) is 13.3. The van der Waals surface area contributed by atoms with Crippen LogP contribution in [0.15, 0.2) is 48.5 Å². The van der Waals surface area contributed by atoms with E-state index in [-0.39, 0.29) is 24.7 Å². The van der Waals surface area contributed by atoms with Gasteiger partial charge in [-0.2, -0.15) is 0 Å². The lowest BCUT2D eigenvalue weighted by Gasteiger charge is -2.18. The molecule has 1 unspecified atom stereocenters. The Morgan fingerprint density at radius 3 is 2.12 bits per heavy atom. The van der Waals surface area contributed by atoms with Crippen molar-refractivity contribution in [3.05, 3.63) is 59.9 Å². The number of ether oxygens (including phenoxy) is 1. The molecular weight excluding hydrogens is 311 g/mol. The average Bonchev–Trinajstić information content (AvgIpc) is 2.61. The van der Waals surface area contributed by atoms with E-state index < -0.39 is 12.0 Å². The summed E-state index contributed by atoms with van der Waals surface area (Å²) in [6.45, 7) is -0.161. The number of halogens is 1. The number of methoxy groups -OCH3 is 1. The van der Waals surface area contributed by atoms with Crippen LogP contribution in [0, 0.1) is 5.82 Å². The Morgan fingerprint density at radius 1 is 1.08 bits per heavy atom. The van der Waals surface area contributed by atoms with Crippen LogP contribution >= 0.6 is 0 Å².